The number of carbonyl (C=O) groups is 1. The van der Waals surface area contributed by atoms with Gasteiger partial charge in [-0.3, -0.25) is 4.79 Å². The van der Waals surface area contributed by atoms with Gasteiger partial charge >= 0.3 is 0 Å². The molecule has 108 valence electrons. The summed E-state index contributed by atoms with van der Waals surface area (Å²) >= 11 is 0. The molecule has 0 aliphatic heterocycles. The molecule has 4 N–H and O–H groups in total. The SMILES string of the molecule is CS(=O)(=O)CCCNC(=O)c1cc2cccc(N)c2[nH]1. The van der Waals surface area contributed by atoms with Crippen LogP contribution in [0.3, 0.4) is 0 Å². The maximum Gasteiger partial charge on any atom is 0.267 e. The highest BCUT2D eigenvalue weighted by molar-refractivity contribution is 7.90. The number of nitrogens with one attached hydrogen (secondary N) is 2. The van der Waals surface area contributed by atoms with E-state index in [2.05, 4.69) is 10.3 Å². The average Bonchev–Trinajstić information content (AvgIpc) is 2.79. The van der Waals surface area contributed by atoms with E-state index < -0.39 is 9.84 Å². The number of H-pyrrole nitrogens is 1. The largest absolute Gasteiger partial charge is 0.397 e. The van der Waals surface area contributed by atoms with Crippen LogP contribution >= 0.6 is 0 Å². The fourth-order valence-corrected chi connectivity index (χ4v) is 2.60. The van der Waals surface area contributed by atoms with E-state index in [1.807, 2.05) is 12.1 Å². The molecule has 0 unspecified atom stereocenters. The second-order valence-corrected chi connectivity index (χ2v) is 6.99. The van der Waals surface area contributed by atoms with Crippen LogP contribution in [0.1, 0.15) is 16.9 Å². The molecule has 20 heavy (non-hydrogen) atoms. The van der Waals surface area contributed by atoms with Crippen LogP contribution in [0.25, 0.3) is 10.9 Å². The van der Waals surface area contributed by atoms with Crippen LogP contribution in [-0.2, 0) is 9.84 Å². The van der Waals surface area contributed by atoms with Crippen molar-refractivity contribution in [2.75, 3.05) is 24.3 Å². The zero-order valence-corrected chi connectivity index (χ0v) is 12.0. The molecule has 0 saturated heterocycles. The molecule has 0 radical (unpaired) electrons. The normalized spacial score (nSPS) is 11.7. The van der Waals surface area contributed by atoms with Crippen LogP contribution in [0.5, 0.6) is 0 Å². The number of nitrogens with two attached hydrogens (primary N) is 1. The molecule has 2 aromatic rings. The minimum absolute atomic E-state index is 0.0624. The first kappa shape index (κ1) is 14.4. The van der Waals surface area contributed by atoms with Crippen molar-refractivity contribution >= 4 is 32.3 Å². The second-order valence-electron chi connectivity index (χ2n) is 4.73. The van der Waals surface area contributed by atoms with Crippen LogP contribution in [0.2, 0.25) is 0 Å². The van der Waals surface area contributed by atoms with Crippen molar-refractivity contribution < 1.29 is 13.2 Å². The monoisotopic (exact) mass is 295 g/mol. The predicted octanol–water partition coefficient (Wildman–Crippen LogP) is 0.915. The summed E-state index contributed by atoms with van der Waals surface area (Å²) in [5.74, 6) is -0.207. The van der Waals surface area contributed by atoms with Gasteiger partial charge in [0.2, 0.25) is 0 Å². The van der Waals surface area contributed by atoms with Crippen molar-refractivity contribution in [1.82, 2.24) is 10.3 Å². The molecule has 2 rings (SSSR count). The van der Waals surface area contributed by atoms with Gasteiger partial charge in [0.05, 0.1) is 17.0 Å². The lowest BCUT2D eigenvalue weighted by atomic mass is 10.2. The Bertz CT molecular complexity index is 734. The molecular formula is C13H17N3O3S. The van der Waals surface area contributed by atoms with Gasteiger partial charge in [-0.2, -0.15) is 0 Å². The number of para-hydroxylation sites is 1. The van der Waals surface area contributed by atoms with E-state index >= 15 is 0 Å². The number of benzene rings is 1. The lowest BCUT2D eigenvalue weighted by Crippen LogP contribution is -2.26. The molecule has 0 atom stereocenters. The van der Waals surface area contributed by atoms with Gasteiger partial charge in [0, 0.05) is 18.2 Å². The van der Waals surface area contributed by atoms with Crippen LogP contribution in [-0.4, -0.2) is 37.9 Å². The number of fused-ring (bicyclic) bond motifs is 1. The van der Waals surface area contributed by atoms with Crippen LogP contribution < -0.4 is 11.1 Å². The molecule has 0 saturated carbocycles. The van der Waals surface area contributed by atoms with E-state index in [4.69, 9.17) is 5.73 Å². The number of anilines is 1. The summed E-state index contributed by atoms with van der Waals surface area (Å²) in [6.07, 6.45) is 1.57. The fraction of sp³-hybridized carbons (Fsp3) is 0.308. The zero-order chi connectivity index (χ0) is 14.8. The number of hydrogen-bond donors (Lipinski definition) is 3. The molecule has 1 aromatic carbocycles. The third-order valence-corrected chi connectivity index (χ3v) is 3.94. The topological polar surface area (TPSA) is 105 Å². The Morgan fingerprint density at radius 1 is 1.40 bits per heavy atom. The number of amides is 1. The molecule has 0 aliphatic rings. The summed E-state index contributed by atoms with van der Waals surface area (Å²) in [6, 6.07) is 7.16. The molecule has 7 heteroatoms. The van der Waals surface area contributed by atoms with Gasteiger partial charge in [0.25, 0.3) is 5.91 Å². The Morgan fingerprint density at radius 3 is 2.80 bits per heavy atom. The Kier molecular flexibility index (Phi) is 3.99. The van der Waals surface area contributed by atoms with Crippen LogP contribution in [0.4, 0.5) is 5.69 Å². The van der Waals surface area contributed by atoms with Crippen LogP contribution in [0.15, 0.2) is 24.3 Å². The number of rotatable bonds is 5. The molecule has 0 bridgehead atoms. The molecule has 1 amide bonds. The summed E-state index contributed by atoms with van der Waals surface area (Å²) in [4.78, 5) is 14.9. The van der Waals surface area contributed by atoms with Crippen molar-refractivity contribution in [3.05, 3.63) is 30.0 Å². The highest BCUT2D eigenvalue weighted by Crippen LogP contribution is 2.20. The lowest BCUT2D eigenvalue weighted by molar-refractivity contribution is 0.0949. The van der Waals surface area contributed by atoms with Crippen LogP contribution in [0, 0.1) is 0 Å². The summed E-state index contributed by atoms with van der Waals surface area (Å²) in [5.41, 5.74) is 7.54. The molecule has 0 spiro atoms. The van der Waals surface area contributed by atoms with Gasteiger partial charge in [-0.05, 0) is 18.6 Å². The smallest absolute Gasteiger partial charge is 0.267 e. The summed E-state index contributed by atoms with van der Waals surface area (Å²) in [5, 5.41) is 3.54. The highest BCUT2D eigenvalue weighted by Gasteiger charge is 2.10. The van der Waals surface area contributed by atoms with Crippen molar-refractivity contribution in [1.29, 1.82) is 0 Å². The number of carbonyl (C=O) groups excluding carboxylic acids is 1. The molecule has 0 aliphatic carbocycles. The quantitative estimate of drug-likeness (QED) is 0.563. The third-order valence-electron chi connectivity index (χ3n) is 2.91. The molecular weight excluding hydrogens is 278 g/mol. The molecule has 1 aromatic heterocycles. The van der Waals surface area contributed by atoms with E-state index in [0.717, 1.165) is 10.9 Å². The Morgan fingerprint density at radius 2 is 2.15 bits per heavy atom. The number of sulfone groups is 1. The minimum Gasteiger partial charge on any atom is -0.397 e. The van der Waals surface area contributed by atoms with Gasteiger partial charge in [-0.25, -0.2) is 8.42 Å². The van der Waals surface area contributed by atoms with E-state index in [1.165, 1.54) is 6.26 Å². The first-order valence-corrected chi connectivity index (χ1v) is 8.26. The van der Waals surface area contributed by atoms with Gasteiger partial charge in [-0.1, -0.05) is 12.1 Å². The number of hydrogen-bond acceptors (Lipinski definition) is 4. The number of aromatic amines is 1. The van der Waals surface area contributed by atoms with E-state index in [1.54, 1.807) is 12.1 Å². The lowest BCUT2D eigenvalue weighted by Gasteiger charge is -2.02. The van der Waals surface area contributed by atoms with E-state index in [0.29, 0.717) is 24.3 Å². The highest BCUT2D eigenvalue weighted by atomic mass is 32.2. The standard InChI is InChI=1S/C13H17N3O3S/c1-20(18,19)7-3-6-15-13(17)11-8-9-4-2-5-10(14)12(9)16-11/h2,4-5,8,16H,3,6-7,14H2,1H3,(H,15,17). The van der Waals surface area contributed by atoms with Crippen molar-refractivity contribution in [2.24, 2.45) is 0 Å². The predicted molar refractivity (Wildman–Crippen MR) is 79.4 cm³/mol. The zero-order valence-electron chi connectivity index (χ0n) is 11.1. The third kappa shape index (κ3) is 3.51. The van der Waals surface area contributed by atoms with Gasteiger partial charge in [0.15, 0.2) is 0 Å². The molecule has 6 nitrogen and oxygen atoms in total. The Balaban J connectivity index is 1.99. The Hall–Kier alpha value is -2.02. The number of nitrogen functional groups attached to an aromatic ring is 1. The van der Waals surface area contributed by atoms with E-state index in [9.17, 15) is 13.2 Å². The maximum atomic E-state index is 11.9. The second kappa shape index (κ2) is 5.54. The first-order chi connectivity index (χ1) is 9.37. The minimum atomic E-state index is -2.99. The first-order valence-electron chi connectivity index (χ1n) is 6.20. The van der Waals surface area contributed by atoms with Crippen molar-refractivity contribution in [3.8, 4) is 0 Å². The summed E-state index contributed by atoms with van der Waals surface area (Å²) in [6.45, 7) is 0.316. The van der Waals surface area contributed by atoms with Gasteiger partial charge in [0.1, 0.15) is 15.5 Å². The average molecular weight is 295 g/mol. The number of aromatic nitrogens is 1. The van der Waals surface area contributed by atoms with Gasteiger partial charge in [-0.15, -0.1) is 0 Å². The molecule has 0 fully saturated rings. The maximum absolute atomic E-state index is 11.9. The van der Waals surface area contributed by atoms with Crippen molar-refractivity contribution in [3.63, 3.8) is 0 Å². The summed E-state index contributed by atoms with van der Waals surface area (Å²) < 4.78 is 21.9. The Labute approximate surface area is 117 Å². The van der Waals surface area contributed by atoms with Gasteiger partial charge < -0.3 is 16.0 Å². The summed E-state index contributed by atoms with van der Waals surface area (Å²) in [7, 11) is -2.99. The fourth-order valence-electron chi connectivity index (χ4n) is 1.93. The van der Waals surface area contributed by atoms with Crippen molar-refractivity contribution in [2.45, 2.75) is 6.42 Å². The molecule has 1 heterocycles. The van der Waals surface area contributed by atoms with E-state index in [-0.39, 0.29) is 11.7 Å².